The Labute approximate surface area is 131 Å². The first-order valence-corrected chi connectivity index (χ1v) is 9.21. The van der Waals surface area contributed by atoms with Gasteiger partial charge >= 0.3 is 0 Å². The van der Waals surface area contributed by atoms with Crippen molar-refractivity contribution in [2.45, 2.75) is 25.7 Å². The van der Waals surface area contributed by atoms with Crippen LogP contribution in [0.2, 0.25) is 0 Å². The zero-order valence-corrected chi connectivity index (χ0v) is 13.4. The molecule has 1 aromatic carbocycles. The van der Waals surface area contributed by atoms with Crippen LogP contribution in [0.3, 0.4) is 0 Å². The first-order valence-electron chi connectivity index (χ1n) is 7.77. The van der Waals surface area contributed by atoms with Gasteiger partial charge in [-0.05, 0) is 49.9 Å². The molecule has 1 aliphatic heterocycles. The highest BCUT2D eigenvalue weighted by Gasteiger charge is 2.30. The zero-order valence-electron chi connectivity index (χ0n) is 12.5. The van der Waals surface area contributed by atoms with E-state index in [4.69, 9.17) is 0 Å². The maximum Gasteiger partial charge on any atom is 0.239 e. The Morgan fingerprint density at radius 1 is 0.955 bits per heavy atom. The van der Waals surface area contributed by atoms with Gasteiger partial charge in [0.15, 0.2) is 0 Å². The summed E-state index contributed by atoms with van der Waals surface area (Å²) in [5.74, 6) is -0.255. The predicted molar refractivity (Wildman–Crippen MR) is 85.7 cm³/mol. The van der Waals surface area contributed by atoms with Crippen LogP contribution in [0, 0.1) is 5.82 Å². The van der Waals surface area contributed by atoms with Crippen LogP contribution < -0.4 is 4.90 Å². The molecule has 0 saturated carbocycles. The molecule has 0 N–H and O–H groups in total. The second-order valence-electron chi connectivity index (χ2n) is 5.78. The van der Waals surface area contributed by atoms with E-state index in [9.17, 15) is 12.8 Å². The summed E-state index contributed by atoms with van der Waals surface area (Å²) in [5.41, 5.74) is 0.940. The Bertz CT molecular complexity index is 647. The van der Waals surface area contributed by atoms with E-state index < -0.39 is 10.0 Å². The molecule has 1 saturated heterocycles. The number of anilines is 1. The fourth-order valence-corrected chi connectivity index (χ4v) is 4.75. The van der Waals surface area contributed by atoms with Crippen molar-refractivity contribution < 1.29 is 12.8 Å². The molecule has 0 spiro atoms. The summed E-state index contributed by atoms with van der Waals surface area (Å²) in [6.07, 6.45) is 5.45. The molecule has 2 aliphatic rings. The van der Waals surface area contributed by atoms with Crippen molar-refractivity contribution in [3.8, 4) is 0 Å². The van der Waals surface area contributed by atoms with Crippen molar-refractivity contribution in [2.24, 2.45) is 0 Å². The summed E-state index contributed by atoms with van der Waals surface area (Å²) in [5, 5.41) is 0. The summed E-state index contributed by atoms with van der Waals surface area (Å²) in [4.78, 5) is 2.69. The van der Waals surface area contributed by atoms with Crippen LogP contribution in [-0.2, 0) is 10.0 Å². The first-order chi connectivity index (χ1) is 10.6. The van der Waals surface area contributed by atoms with E-state index in [1.807, 2.05) is 6.08 Å². The first kappa shape index (κ1) is 15.5. The molecule has 1 aliphatic carbocycles. The van der Waals surface area contributed by atoms with Gasteiger partial charge in [-0.15, -0.1) is 0 Å². The van der Waals surface area contributed by atoms with Crippen LogP contribution in [0.1, 0.15) is 25.7 Å². The van der Waals surface area contributed by atoms with Crippen molar-refractivity contribution in [1.29, 1.82) is 0 Å². The third kappa shape index (κ3) is 3.17. The topological polar surface area (TPSA) is 40.6 Å². The monoisotopic (exact) mass is 324 g/mol. The van der Waals surface area contributed by atoms with Crippen LogP contribution in [0.4, 0.5) is 10.1 Å². The van der Waals surface area contributed by atoms with Crippen LogP contribution in [-0.4, -0.2) is 38.9 Å². The van der Waals surface area contributed by atoms with Gasteiger partial charge in [0.25, 0.3) is 0 Å². The lowest BCUT2D eigenvalue weighted by molar-refractivity contribution is 0.387. The van der Waals surface area contributed by atoms with E-state index in [1.165, 1.54) is 12.1 Å². The zero-order chi connectivity index (χ0) is 15.6. The lowest BCUT2D eigenvalue weighted by atomic mass is 10.1. The molecule has 22 heavy (non-hydrogen) atoms. The number of nitrogens with zero attached hydrogens (tertiary/aromatic N) is 2. The average Bonchev–Trinajstić information content (AvgIpc) is 2.56. The number of halogens is 1. The lowest BCUT2D eigenvalue weighted by Gasteiger charge is -2.36. The van der Waals surface area contributed by atoms with Gasteiger partial charge in [0, 0.05) is 31.9 Å². The second kappa shape index (κ2) is 6.38. The minimum absolute atomic E-state index is 0.255. The van der Waals surface area contributed by atoms with Crippen LogP contribution in [0.5, 0.6) is 0 Å². The van der Waals surface area contributed by atoms with Gasteiger partial charge in [-0.3, -0.25) is 0 Å². The van der Waals surface area contributed by atoms with Gasteiger partial charge in [0.1, 0.15) is 5.82 Å². The van der Waals surface area contributed by atoms with E-state index in [1.54, 1.807) is 16.4 Å². The van der Waals surface area contributed by atoms with Crippen LogP contribution >= 0.6 is 0 Å². The van der Waals surface area contributed by atoms with Crippen molar-refractivity contribution >= 4 is 15.7 Å². The highest BCUT2D eigenvalue weighted by molar-refractivity contribution is 7.93. The van der Waals surface area contributed by atoms with Crippen molar-refractivity contribution in [3.05, 3.63) is 41.1 Å². The fraction of sp³-hybridized carbons (Fsp3) is 0.500. The normalized spacial score (nSPS) is 20.8. The maximum absolute atomic E-state index is 13.0. The second-order valence-corrected chi connectivity index (χ2v) is 7.77. The highest BCUT2D eigenvalue weighted by atomic mass is 32.2. The van der Waals surface area contributed by atoms with E-state index in [0.717, 1.165) is 24.9 Å². The number of benzene rings is 1. The van der Waals surface area contributed by atoms with Crippen molar-refractivity contribution in [2.75, 3.05) is 31.1 Å². The van der Waals surface area contributed by atoms with Crippen molar-refractivity contribution in [1.82, 2.24) is 4.31 Å². The number of allylic oxidation sites excluding steroid dienone is 2. The number of hydrogen-bond acceptors (Lipinski definition) is 3. The standard InChI is InChI=1S/C16H21FN2O2S/c17-14-6-8-15(9-7-14)18-10-12-19(13-11-18)22(20,21)16-4-2-1-3-5-16/h4,6-9H,1-3,5,10-13H2. The Kier molecular flexibility index (Phi) is 4.49. The molecule has 1 heterocycles. The smallest absolute Gasteiger partial charge is 0.239 e. The molecule has 4 nitrogen and oxygen atoms in total. The van der Waals surface area contributed by atoms with Gasteiger partial charge in [-0.2, -0.15) is 4.31 Å². The quantitative estimate of drug-likeness (QED) is 0.858. The van der Waals surface area contributed by atoms with Gasteiger partial charge in [0.05, 0.1) is 4.91 Å². The number of piperazine rings is 1. The predicted octanol–water partition coefficient (Wildman–Crippen LogP) is 2.74. The molecule has 0 unspecified atom stereocenters. The molecule has 1 fully saturated rings. The maximum atomic E-state index is 13.0. The van der Waals surface area contributed by atoms with E-state index in [-0.39, 0.29) is 5.82 Å². The van der Waals surface area contributed by atoms with Crippen LogP contribution in [0.15, 0.2) is 35.2 Å². The lowest BCUT2D eigenvalue weighted by Crippen LogP contribution is -2.49. The van der Waals surface area contributed by atoms with E-state index in [0.29, 0.717) is 37.5 Å². The molecule has 0 aromatic heterocycles. The SMILES string of the molecule is O=S(=O)(C1=CCCCC1)N1CCN(c2ccc(F)cc2)CC1. The third-order valence-corrected chi connectivity index (χ3v) is 6.43. The summed E-state index contributed by atoms with van der Waals surface area (Å²) >= 11 is 0. The fourth-order valence-electron chi connectivity index (χ4n) is 3.05. The van der Waals surface area contributed by atoms with Crippen molar-refractivity contribution in [3.63, 3.8) is 0 Å². The summed E-state index contributed by atoms with van der Waals surface area (Å²) in [6.45, 7) is 2.24. The average molecular weight is 324 g/mol. The molecular weight excluding hydrogens is 303 g/mol. The number of sulfonamides is 1. The van der Waals surface area contributed by atoms with Gasteiger partial charge < -0.3 is 4.90 Å². The minimum Gasteiger partial charge on any atom is -0.369 e. The third-order valence-electron chi connectivity index (χ3n) is 4.35. The van der Waals surface area contributed by atoms with Gasteiger partial charge in [-0.25, -0.2) is 12.8 Å². The summed E-state index contributed by atoms with van der Waals surface area (Å²) < 4.78 is 39.8. The molecule has 120 valence electrons. The minimum atomic E-state index is -3.29. The van der Waals surface area contributed by atoms with Gasteiger partial charge in [-0.1, -0.05) is 6.08 Å². The highest BCUT2D eigenvalue weighted by Crippen LogP contribution is 2.26. The molecule has 3 rings (SSSR count). The number of rotatable bonds is 3. The largest absolute Gasteiger partial charge is 0.369 e. The Morgan fingerprint density at radius 3 is 2.23 bits per heavy atom. The Morgan fingerprint density at radius 2 is 1.64 bits per heavy atom. The van der Waals surface area contributed by atoms with E-state index in [2.05, 4.69) is 4.90 Å². The van der Waals surface area contributed by atoms with Crippen LogP contribution in [0.25, 0.3) is 0 Å². The Hall–Kier alpha value is -1.40. The summed E-state index contributed by atoms with van der Waals surface area (Å²) in [7, 11) is -3.29. The molecule has 0 amide bonds. The molecule has 0 atom stereocenters. The Balaban J connectivity index is 1.66. The van der Waals surface area contributed by atoms with Gasteiger partial charge in [0.2, 0.25) is 10.0 Å². The number of hydrogen-bond donors (Lipinski definition) is 0. The molecule has 1 aromatic rings. The molecule has 0 bridgehead atoms. The van der Waals surface area contributed by atoms with E-state index >= 15 is 0 Å². The molecule has 6 heteroatoms. The summed E-state index contributed by atoms with van der Waals surface area (Å²) in [6, 6.07) is 6.35. The molecule has 0 radical (unpaired) electrons. The molecular formula is C16H21FN2O2S.